The fourth-order valence-corrected chi connectivity index (χ4v) is 6.08. The van der Waals surface area contributed by atoms with E-state index in [1.165, 1.54) is 39.1 Å². The minimum Gasteiger partial charge on any atom is -0.316 e. The maximum atomic E-state index is 6.23. The van der Waals surface area contributed by atoms with Crippen LogP contribution in [-0.4, -0.2) is 48.6 Å². The van der Waals surface area contributed by atoms with E-state index >= 15 is 0 Å². The van der Waals surface area contributed by atoms with Gasteiger partial charge in [-0.1, -0.05) is 59.1 Å². The first-order valence-electron chi connectivity index (χ1n) is 14.5. The van der Waals surface area contributed by atoms with Crippen LogP contribution in [0.2, 0.25) is 10.0 Å². The third-order valence-electron chi connectivity index (χ3n) is 7.87. The minimum atomic E-state index is 0.320. The average molecular weight is 586 g/mol. The molecule has 1 fully saturated rings. The zero-order valence-electron chi connectivity index (χ0n) is 23.9. The summed E-state index contributed by atoms with van der Waals surface area (Å²) in [6.45, 7) is 3.15. The largest absolute Gasteiger partial charge is 0.316 e. The van der Waals surface area contributed by atoms with Crippen molar-refractivity contribution >= 4 is 28.8 Å². The third kappa shape index (κ3) is 7.64. The number of nitrogens with one attached hydrogen (secondary N) is 1. The number of pyridine rings is 2. The summed E-state index contributed by atoms with van der Waals surface area (Å²) < 4.78 is 0. The molecule has 1 aliphatic carbocycles. The molecular formula is C35H38Cl2N4. The van der Waals surface area contributed by atoms with Gasteiger partial charge >= 0.3 is 0 Å². The highest BCUT2D eigenvalue weighted by atomic mass is 35.5. The Labute approximate surface area is 254 Å². The van der Waals surface area contributed by atoms with Crippen molar-refractivity contribution in [1.29, 1.82) is 0 Å². The monoisotopic (exact) mass is 584 g/mol. The molecule has 2 aliphatic rings. The fourth-order valence-electron chi connectivity index (χ4n) is 5.76. The van der Waals surface area contributed by atoms with Gasteiger partial charge in [0, 0.05) is 39.6 Å². The lowest BCUT2D eigenvalue weighted by Gasteiger charge is -2.21. The van der Waals surface area contributed by atoms with Gasteiger partial charge in [0.25, 0.3) is 0 Å². The Morgan fingerprint density at radius 1 is 0.780 bits per heavy atom. The number of aromatic nitrogens is 2. The fraction of sp³-hybridized carbons (Fsp3) is 0.314. The summed E-state index contributed by atoms with van der Waals surface area (Å²) in [4.78, 5) is 11.5. The van der Waals surface area contributed by atoms with Crippen molar-refractivity contribution in [3.05, 3.63) is 134 Å². The molecule has 0 saturated carbocycles. The van der Waals surface area contributed by atoms with Crippen molar-refractivity contribution in [3.63, 3.8) is 0 Å². The molecule has 0 spiro atoms. The Hall–Kier alpha value is -3.02. The van der Waals surface area contributed by atoms with Gasteiger partial charge in [0.05, 0.1) is 5.69 Å². The SMILES string of the molecule is CN(C)CC[C@@H](c1ccc(Cl)cc1)c1ccccn1.Clc1ccc2c(c1)CCc1cccnc1C2=C1CCNCC1. The molecule has 4 nitrogen and oxygen atoms in total. The molecule has 0 unspecified atom stereocenters. The lowest BCUT2D eigenvalue weighted by atomic mass is 9.89. The number of benzene rings is 2. The minimum absolute atomic E-state index is 0.320. The van der Waals surface area contributed by atoms with Crippen molar-refractivity contribution < 1.29 is 0 Å². The number of nitrogens with zero attached hydrogens (tertiary/aromatic N) is 3. The van der Waals surface area contributed by atoms with Crippen LogP contribution in [-0.2, 0) is 12.8 Å². The Kier molecular flexibility index (Phi) is 10.2. The Morgan fingerprint density at radius 2 is 1.51 bits per heavy atom. The average Bonchev–Trinajstić information content (AvgIpc) is 3.16. The molecular weight excluding hydrogens is 547 g/mol. The summed E-state index contributed by atoms with van der Waals surface area (Å²) in [7, 11) is 4.19. The maximum absolute atomic E-state index is 6.23. The quantitative estimate of drug-likeness (QED) is 0.259. The number of aryl methyl sites for hydroxylation is 2. The molecule has 0 bridgehead atoms. The number of hydrogen-bond acceptors (Lipinski definition) is 4. The molecule has 4 aromatic rings. The lowest BCUT2D eigenvalue weighted by Crippen LogP contribution is -2.24. The summed E-state index contributed by atoms with van der Waals surface area (Å²) in [6, 6.07) is 24.8. The van der Waals surface area contributed by atoms with Gasteiger partial charge in [-0.05, 0) is 131 Å². The Balaban J connectivity index is 0.000000167. The van der Waals surface area contributed by atoms with Gasteiger partial charge in [-0.25, -0.2) is 0 Å². The zero-order chi connectivity index (χ0) is 28.6. The normalized spacial score (nSPS) is 15.3. The third-order valence-corrected chi connectivity index (χ3v) is 8.36. The molecule has 1 aliphatic heterocycles. The van der Waals surface area contributed by atoms with Crippen LogP contribution in [0.5, 0.6) is 0 Å². The second kappa shape index (κ2) is 14.2. The van der Waals surface area contributed by atoms with E-state index in [-0.39, 0.29) is 0 Å². The van der Waals surface area contributed by atoms with E-state index in [2.05, 4.69) is 65.7 Å². The molecule has 41 heavy (non-hydrogen) atoms. The zero-order valence-corrected chi connectivity index (χ0v) is 25.4. The van der Waals surface area contributed by atoms with Crippen molar-refractivity contribution in [2.45, 2.75) is 38.0 Å². The van der Waals surface area contributed by atoms with E-state index < -0.39 is 0 Å². The summed E-state index contributed by atoms with van der Waals surface area (Å²) in [5, 5.41) is 5.05. The lowest BCUT2D eigenvalue weighted by molar-refractivity contribution is 0.389. The number of fused-ring (bicyclic) bond motifs is 2. The van der Waals surface area contributed by atoms with Crippen LogP contribution < -0.4 is 5.32 Å². The molecule has 1 saturated heterocycles. The Bertz CT molecular complexity index is 1460. The highest BCUT2D eigenvalue weighted by Gasteiger charge is 2.23. The molecule has 212 valence electrons. The van der Waals surface area contributed by atoms with Crippen LogP contribution in [0.3, 0.4) is 0 Å². The number of hydrogen-bond donors (Lipinski definition) is 1. The van der Waals surface area contributed by atoms with Gasteiger partial charge in [0.1, 0.15) is 0 Å². The highest BCUT2D eigenvalue weighted by molar-refractivity contribution is 6.31. The second-order valence-corrected chi connectivity index (χ2v) is 11.9. The predicted molar refractivity (Wildman–Crippen MR) is 172 cm³/mol. The van der Waals surface area contributed by atoms with Gasteiger partial charge in [-0.3, -0.25) is 9.97 Å². The standard InChI is InChI=1S/C19H19ClN2.C16H19ClN2/c20-16-5-6-17-15(12-16)4-3-14-2-1-9-22-19(14)18(17)13-7-10-21-11-8-13;1-19(2)12-10-15(16-5-3-4-11-18-16)13-6-8-14(17)9-7-13/h1-2,5-6,9,12,21H,3-4,7-8,10-11H2;3-9,11,15H,10,12H2,1-2H3/t;15-/m.0/s1. The van der Waals surface area contributed by atoms with Crippen molar-refractivity contribution in [2.75, 3.05) is 33.7 Å². The summed E-state index contributed by atoms with van der Waals surface area (Å²) in [5.41, 5.74) is 10.5. The molecule has 6 rings (SSSR count). The summed E-state index contributed by atoms with van der Waals surface area (Å²) in [5.74, 6) is 0.320. The van der Waals surface area contributed by atoms with E-state index in [1.807, 2.05) is 48.8 Å². The summed E-state index contributed by atoms with van der Waals surface area (Å²) in [6.07, 6.45) is 9.09. The van der Waals surface area contributed by atoms with Crippen LogP contribution in [0.25, 0.3) is 5.57 Å². The molecule has 2 aromatic carbocycles. The first kappa shape index (κ1) is 29.5. The number of piperidine rings is 1. The van der Waals surface area contributed by atoms with Crippen molar-refractivity contribution in [1.82, 2.24) is 20.2 Å². The second-order valence-electron chi connectivity index (χ2n) is 11.0. The van der Waals surface area contributed by atoms with Gasteiger partial charge in [0.2, 0.25) is 0 Å². The van der Waals surface area contributed by atoms with Crippen LogP contribution in [0, 0.1) is 0 Å². The van der Waals surface area contributed by atoms with Crippen LogP contribution >= 0.6 is 23.2 Å². The van der Waals surface area contributed by atoms with Gasteiger partial charge < -0.3 is 10.2 Å². The number of rotatable bonds is 5. The first-order valence-corrected chi connectivity index (χ1v) is 15.2. The molecule has 1 N–H and O–H groups in total. The van der Waals surface area contributed by atoms with Crippen LogP contribution in [0.1, 0.15) is 58.8 Å². The van der Waals surface area contributed by atoms with Gasteiger partial charge in [-0.2, -0.15) is 0 Å². The van der Waals surface area contributed by atoms with Gasteiger partial charge in [-0.15, -0.1) is 0 Å². The van der Waals surface area contributed by atoms with Crippen LogP contribution in [0.4, 0.5) is 0 Å². The highest BCUT2D eigenvalue weighted by Crippen LogP contribution is 2.37. The maximum Gasteiger partial charge on any atom is 0.0739 e. The molecule has 0 radical (unpaired) electrons. The Morgan fingerprint density at radius 3 is 2.24 bits per heavy atom. The number of halogens is 2. The molecule has 0 amide bonds. The summed E-state index contributed by atoms with van der Waals surface area (Å²) >= 11 is 12.2. The van der Waals surface area contributed by atoms with Crippen molar-refractivity contribution in [2.24, 2.45) is 0 Å². The predicted octanol–water partition coefficient (Wildman–Crippen LogP) is 7.84. The first-order chi connectivity index (χ1) is 20.0. The van der Waals surface area contributed by atoms with E-state index in [4.69, 9.17) is 28.2 Å². The van der Waals surface area contributed by atoms with Gasteiger partial charge in [0.15, 0.2) is 0 Å². The smallest absolute Gasteiger partial charge is 0.0739 e. The molecule has 3 heterocycles. The van der Waals surface area contributed by atoms with Crippen molar-refractivity contribution in [3.8, 4) is 0 Å². The van der Waals surface area contributed by atoms with E-state index in [9.17, 15) is 0 Å². The van der Waals surface area contributed by atoms with E-state index in [0.717, 1.165) is 67.5 Å². The van der Waals surface area contributed by atoms with Crippen LogP contribution in [0.15, 0.2) is 90.8 Å². The molecule has 1 atom stereocenters. The molecule has 6 heteroatoms. The molecule has 2 aromatic heterocycles. The van der Waals surface area contributed by atoms with E-state index in [0.29, 0.717) is 5.92 Å². The van der Waals surface area contributed by atoms with E-state index in [1.54, 1.807) is 0 Å². The topological polar surface area (TPSA) is 41.1 Å².